The number of rotatable bonds is 6. The van der Waals surface area contributed by atoms with Gasteiger partial charge in [0.2, 0.25) is 15.9 Å². The molecular formula is C22H18Cl2N2O4S. The largest absolute Gasteiger partial charge is 0.324 e. The van der Waals surface area contributed by atoms with Crippen LogP contribution in [0.5, 0.6) is 0 Å². The Hall–Kier alpha value is -2.71. The zero-order chi connectivity index (χ0) is 22.8. The van der Waals surface area contributed by atoms with Crippen molar-refractivity contribution in [2.75, 3.05) is 5.32 Å². The number of nitrogens with one attached hydrogen (secondary N) is 1. The smallest absolute Gasteiger partial charge is 0.238 e. The van der Waals surface area contributed by atoms with Crippen LogP contribution in [0.4, 0.5) is 5.69 Å². The maximum absolute atomic E-state index is 12.8. The maximum Gasteiger partial charge on any atom is 0.238 e. The molecule has 3 rings (SSSR count). The quantitative estimate of drug-likeness (QED) is 0.515. The van der Waals surface area contributed by atoms with Crippen LogP contribution >= 0.6 is 23.2 Å². The molecule has 0 aromatic heterocycles. The van der Waals surface area contributed by atoms with Gasteiger partial charge in [0.05, 0.1) is 22.0 Å². The van der Waals surface area contributed by atoms with E-state index in [1.807, 2.05) is 13.0 Å². The topological polar surface area (TPSA) is 106 Å². The lowest BCUT2D eigenvalue weighted by molar-refractivity contribution is -0.115. The Labute approximate surface area is 190 Å². The van der Waals surface area contributed by atoms with Crippen LogP contribution in [0, 0.1) is 6.92 Å². The van der Waals surface area contributed by atoms with Crippen LogP contribution in [0.3, 0.4) is 0 Å². The highest BCUT2D eigenvalue weighted by molar-refractivity contribution is 7.89. The number of amides is 1. The van der Waals surface area contributed by atoms with Gasteiger partial charge in [-0.1, -0.05) is 34.8 Å². The van der Waals surface area contributed by atoms with Crippen LogP contribution in [-0.2, 0) is 21.2 Å². The second kappa shape index (κ2) is 9.20. The molecule has 0 aliphatic heterocycles. The van der Waals surface area contributed by atoms with Crippen LogP contribution in [0.1, 0.15) is 27.0 Å². The van der Waals surface area contributed by atoms with E-state index in [1.54, 1.807) is 36.4 Å². The maximum atomic E-state index is 12.8. The van der Waals surface area contributed by atoms with Gasteiger partial charge in [-0.3, -0.25) is 9.59 Å². The molecule has 0 heterocycles. The molecule has 0 spiro atoms. The molecule has 9 heteroatoms. The molecule has 0 radical (unpaired) electrons. The van der Waals surface area contributed by atoms with Gasteiger partial charge in [0, 0.05) is 16.1 Å². The fourth-order valence-electron chi connectivity index (χ4n) is 3.02. The van der Waals surface area contributed by atoms with E-state index in [-0.39, 0.29) is 33.7 Å². The van der Waals surface area contributed by atoms with Crippen LogP contribution in [0.25, 0.3) is 0 Å². The van der Waals surface area contributed by atoms with E-state index >= 15 is 0 Å². The van der Waals surface area contributed by atoms with Crippen LogP contribution < -0.4 is 10.5 Å². The summed E-state index contributed by atoms with van der Waals surface area (Å²) in [5.41, 5.74) is 2.68. The molecule has 0 bridgehead atoms. The number of ketones is 1. The molecule has 3 N–H and O–H groups in total. The number of primary sulfonamides is 1. The summed E-state index contributed by atoms with van der Waals surface area (Å²) in [6, 6.07) is 15.6. The van der Waals surface area contributed by atoms with E-state index in [1.165, 1.54) is 18.2 Å². The number of anilines is 1. The van der Waals surface area contributed by atoms with Gasteiger partial charge in [-0.15, -0.1) is 0 Å². The van der Waals surface area contributed by atoms with Crippen molar-refractivity contribution < 1.29 is 18.0 Å². The summed E-state index contributed by atoms with van der Waals surface area (Å²) in [5.74, 6) is -0.551. The molecular weight excluding hydrogens is 459 g/mol. The van der Waals surface area contributed by atoms with Gasteiger partial charge in [-0.2, -0.15) is 0 Å². The molecule has 0 aliphatic carbocycles. The van der Waals surface area contributed by atoms with Gasteiger partial charge in [0.1, 0.15) is 0 Å². The van der Waals surface area contributed by atoms with E-state index in [9.17, 15) is 18.0 Å². The predicted octanol–water partition coefficient (Wildman–Crippen LogP) is 4.36. The summed E-state index contributed by atoms with van der Waals surface area (Å²) in [4.78, 5) is 25.1. The van der Waals surface area contributed by atoms with Gasteiger partial charge >= 0.3 is 0 Å². The molecule has 0 fully saturated rings. The van der Waals surface area contributed by atoms with E-state index < -0.39 is 10.0 Å². The third-order valence-corrected chi connectivity index (χ3v) is 5.89. The molecule has 6 nitrogen and oxygen atoms in total. The Morgan fingerprint density at radius 3 is 2.23 bits per heavy atom. The zero-order valence-corrected chi connectivity index (χ0v) is 18.7. The third-order valence-electron chi connectivity index (χ3n) is 4.41. The first-order valence-electron chi connectivity index (χ1n) is 9.06. The zero-order valence-electron chi connectivity index (χ0n) is 16.4. The molecule has 0 unspecified atom stereocenters. The van der Waals surface area contributed by atoms with Crippen molar-refractivity contribution in [3.05, 3.63) is 93.0 Å². The van der Waals surface area contributed by atoms with Crippen molar-refractivity contribution in [1.29, 1.82) is 0 Å². The number of aryl methyl sites for hydroxylation is 1. The summed E-state index contributed by atoms with van der Waals surface area (Å²) in [6.07, 6.45) is -0.00412. The van der Waals surface area contributed by atoms with Crippen molar-refractivity contribution in [2.24, 2.45) is 5.14 Å². The van der Waals surface area contributed by atoms with E-state index in [0.717, 1.165) is 5.56 Å². The second-order valence-electron chi connectivity index (χ2n) is 6.95. The van der Waals surface area contributed by atoms with Gasteiger partial charge < -0.3 is 5.32 Å². The lowest BCUT2D eigenvalue weighted by atomic mass is 9.98. The Kier molecular flexibility index (Phi) is 6.81. The fraction of sp³-hybridized carbons (Fsp3) is 0.0909. The molecule has 0 aliphatic rings. The Bertz CT molecular complexity index is 1270. The molecule has 0 atom stereocenters. The third kappa shape index (κ3) is 5.92. The highest BCUT2D eigenvalue weighted by Gasteiger charge is 2.15. The summed E-state index contributed by atoms with van der Waals surface area (Å²) in [6.45, 7) is 1.84. The van der Waals surface area contributed by atoms with Gasteiger partial charge in [0.15, 0.2) is 5.78 Å². The van der Waals surface area contributed by atoms with E-state index in [0.29, 0.717) is 21.7 Å². The minimum absolute atomic E-state index is 0.00412. The molecule has 31 heavy (non-hydrogen) atoms. The first-order chi connectivity index (χ1) is 14.5. The predicted molar refractivity (Wildman–Crippen MR) is 121 cm³/mol. The van der Waals surface area contributed by atoms with Crippen LogP contribution in [0.15, 0.2) is 65.6 Å². The van der Waals surface area contributed by atoms with E-state index in [2.05, 4.69) is 5.32 Å². The van der Waals surface area contributed by atoms with E-state index in [4.69, 9.17) is 28.3 Å². The molecule has 160 valence electrons. The second-order valence-corrected chi connectivity index (χ2v) is 9.36. The Balaban J connectivity index is 1.77. The minimum Gasteiger partial charge on any atom is -0.324 e. The SMILES string of the molecule is Cc1cc(CC(=O)Nc2ccc(S(N)(=O)=O)cc2Cl)cc(C(=O)c2ccc(Cl)cc2)c1. The number of benzene rings is 3. The monoisotopic (exact) mass is 476 g/mol. The number of carbonyl (C=O) groups is 2. The molecule has 1 amide bonds. The molecule has 0 saturated carbocycles. The number of carbonyl (C=O) groups excluding carboxylic acids is 2. The first-order valence-corrected chi connectivity index (χ1v) is 11.4. The Morgan fingerprint density at radius 1 is 0.935 bits per heavy atom. The molecule has 0 saturated heterocycles. The number of nitrogens with two attached hydrogens (primary N) is 1. The average Bonchev–Trinajstić information content (AvgIpc) is 2.68. The lowest BCUT2D eigenvalue weighted by Crippen LogP contribution is -2.16. The standard InChI is InChI=1S/C22H18Cl2N2O4S/c1-13-8-14(10-16(9-13)22(28)15-2-4-17(23)5-3-15)11-21(27)26-20-7-6-18(12-19(20)24)31(25,29)30/h2-10,12H,11H2,1H3,(H,26,27)(H2,25,29,30). The van der Waals surface area contributed by atoms with Crippen molar-refractivity contribution in [3.63, 3.8) is 0 Å². The van der Waals surface area contributed by atoms with Gasteiger partial charge in [-0.05, 0) is 67.1 Å². The van der Waals surface area contributed by atoms with Gasteiger partial charge in [-0.25, -0.2) is 13.6 Å². The number of halogens is 2. The first kappa shape index (κ1) is 23.0. The normalized spacial score (nSPS) is 11.2. The number of sulfonamides is 1. The summed E-state index contributed by atoms with van der Waals surface area (Å²) >= 11 is 11.9. The summed E-state index contributed by atoms with van der Waals surface area (Å²) in [5, 5.41) is 8.29. The molecule has 3 aromatic rings. The average molecular weight is 477 g/mol. The van der Waals surface area contributed by atoms with Crippen molar-refractivity contribution in [2.45, 2.75) is 18.2 Å². The number of hydrogen-bond acceptors (Lipinski definition) is 4. The molecule has 3 aromatic carbocycles. The van der Waals surface area contributed by atoms with Crippen LogP contribution in [0.2, 0.25) is 10.0 Å². The van der Waals surface area contributed by atoms with Crippen molar-refractivity contribution in [3.8, 4) is 0 Å². The number of hydrogen-bond donors (Lipinski definition) is 2. The highest BCUT2D eigenvalue weighted by Crippen LogP contribution is 2.25. The fourth-order valence-corrected chi connectivity index (χ4v) is 3.98. The minimum atomic E-state index is -3.90. The van der Waals surface area contributed by atoms with Crippen molar-refractivity contribution in [1.82, 2.24) is 0 Å². The summed E-state index contributed by atoms with van der Waals surface area (Å²) < 4.78 is 22.8. The van der Waals surface area contributed by atoms with Crippen molar-refractivity contribution >= 4 is 50.6 Å². The van der Waals surface area contributed by atoms with Crippen LogP contribution in [-0.4, -0.2) is 20.1 Å². The highest BCUT2D eigenvalue weighted by atomic mass is 35.5. The summed E-state index contributed by atoms with van der Waals surface area (Å²) in [7, 11) is -3.90. The van der Waals surface area contributed by atoms with Gasteiger partial charge in [0.25, 0.3) is 0 Å². The lowest BCUT2D eigenvalue weighted by Gasteiger charge is -2.10. The Morgan fingerprint density at radius 2 is 1.61 bits per heavy atom.